The van der Waals surface area contributed by atoms with Gasteiger partial charge < -0.3 is 15.4 Å². The molecule has 2 unspecified atom stereocenters. The largest absolute Gasteiger partial charge is 0.469 e. The fourth-order valence-electron chi connectivity index (χ4n) is 3.02. The van der Waals surface area contributed by atoms with Gasteiger partial charge in [-0.05, 0) is 31.1 Å². The molecule has 2 atom stereocenters. The summed E-state index contributed by atoms with van der Waals surface area (Å²) in [4.78, 5) is 25.8. The van der Waals surface area contributed by atoms with E-state index in [0.29, 0.717) is 6.42 Å². The van der Waals surface area contributed by atoms with Crippen molar-refractivity contribution >= 4 is 11.9 Å². The molecule has 21 heavy (non-hydrogen) atoms. The van der Waals surface area contributed by atoms with E-state index in [1.165, 1.54) is 7.11 Å². The number of piperidine rings is 1. The van der Waals surface area contributed by atoms with Gasteiger partial charge in [0.1, 0.15) is 0 Å². The summed E-state index contributed by atoms with van der Waals surface area (Å²) in [5.41, 5.74) is 6.22. The number of esters is 1. The van der Waals surface area contributed by atoms with Gasteiger partial charge in [0.15, 0.2) is 0 Å². The Bertz CT molecular complexity index is 363. The third kappa shape index (κ3) is 6.46. The highest BCUT2D eigenvalue weighted by Crippen LogP contribution is 2.24. The van der Waals surface area contributed by atoms with Crippen molar-refractivity contribution in [3.63, 3.8) is 0 Å². The van der Waals surface area contributed by atoms with Gasteiger partial charge in [0.2, 0.25) is 5.91 Å². The first-order chi connectivity index (χ1) is 9.73. The van der Waals surface area contributed by atoms with Crippen molar-refractivity contribution in [1.82, 2.24) is 4.90 Å². The van der Waals surface area contributed by atoms with Crippen LogP contribution in [0.25, 0.3) is 0 Å². The Kier molecular flexibility index (Phi) is 6.65. The first kappa shape index (κ1) is 18.0. The maximum Gasteiger partial charge on any atom is 0.307 e. The number of hydrogen-bond donors (Lipinski definition) is 1. The van der Waals surface area contributed by atoms with E-state index in [-0.39, 0.29) is 35.8 Å². The van der Waals surface area contributed by atoms with Crippen LogP contribution in [0.1, 0.15) is 59.3 Å². The van der Waals surface area contributed by atoms with Crippen molar-refractivity contribution in [2.75, 3.05) is 13.7 Å². The van der Waals surface area contributed by atoms with Crippen molar-refractivity contribution in [2.45, 2.75) is 71.4 Å². The molecule has 1 fully saturated rings. The Balaban J connectivity index is 2.58. The molecule has 122 valence electrons. The molecule has 0 radical (unpaired) electrons. The monoisotopic (exact) mass is 298 g/mol. The molecule has 1 aliphatic rings. The Hall–Kier alpha value is -1.10. The second kappa shape index (κ2) is 7.78. The van der Waals surface area contributed by atoms with Crippen molar-refractivity contribution < 1.29 is 14.3 Å². The molecule has 0 aromatic carbocycles. The van der Waals surface area contributed by atoms with Gasteiger partial charge in [-0.2, -0.15) is 0 Å². The average Bonchev–Trinajstić information content (AvgIpc) is 2.36. The summed E-state index contributed by atoms with van der Waals surface area (Å²) in [6.45, 7) is 7.09. The number of hydrogen-bond acceptors (Lipinski definition) is 4. The molecule has 1 rings (SSSR count). The summed E-state index contributed by atoms with van der Waals surface area (Å²) in [6, 6.07) is -0.154. The van der Waals surface area contributed by atoms with E-state index < -0.39 is 0 Å². The predicted molar refractivity (Wildman–Crippen MR) is 82.6 cm³/mol. The molecule has 0 spiro atoms. The zero-order valence-electron chi connectivity index (χ0n) is 13.9. The maximum atomic E-state index is 12.5. The molecular formula is C16H30N2O3. The molecule has 5 nitrogen and oxygen atoms in total. The summed E-state index contributed by atoms with van der Waals surface area (Å²) < 4.78 is 4.73. The van der Waals surface area contributed by atoms with Gasteiger partial charge in [0.05, 0.1) is 13.5 Å². The molecule has 1 amide bonds. The Morgan fingerprint density at radius 3 is 2.57 bits per heavy atom. The molecule has 1 heterocycles. The number of nitrogens with two attached hydrogens (primary N) is 1. The van der Waals surface area contributed by atoms with E-state index in [1.54, 1.807) is 0 Å². The molecule has 1 aliphatic heterocycles. The number of methoxy groups -OCH3 is 1. The van der Waals surface area contributed by atoms with Crippen molar-refractivity contribution in [2.24, 2.45) is 11.1 Å². The number of amides is 1. The zero-order chi connectivity index (χ0) is 16.0. The number of carbonyl (C=O) groups is 2. The average molecular weight is 298 g/mol. The van der Waals surface area contributed by atoms with Gasteiger partial charge in [-0.3, -0.25) is 9.59 Å². The summed E-state index contributed by atoms with van der Waals surface area (Å²) in [5.74, 6) is -0.181. The summed E-state index contributed by atoms with van der Waals surface area (Å²) in [5, 5.41) is 0. The van der Waals surface area contributed by atoms with Crippen LogP contribution in [0.3, 0.4) is 0 Å². The third-order valence-electron chi connectivity index (χ3n) is 3.89. The van der Waals surface area contributed by atoms with E-state index in [0.717, 1.165) is 32.2 Å². The third-order valence-corrected chi connectivity index (χ3v) is 3.89. The van der Waals surface area contributed by atoms with Crippen LogP contribution in [0.15, 0.2) is 0 Å². The zero-order valence-corrected chi connectivity index (χ0v) is 13.9. The van der Waals surface area contributed by atoms with Gasteiger partial charge in [0, 0.05) is 25.0 Å². The molecule has 0 bridgehead atoms. The van der Waals surface area contributed by atoms with E-state index in [9.17, 15) is 9.59 Å². The fraction of sp³-hybridized carbons (Fsp3) is 0.875. The lowest BCUT2D eigenvalue weighted by Gasteiger charge is -2.36. The number of nitrogens with zero attached hydrogens (tertiary/aromatic N) is 1. The van der Waals surface area contributed by atoms with Crippen molar-refractivity contribution in [3.8, 4) is 0 Å². The topological polar surface area (TPSA) is 72.6 Å². The van der Waals surface area contributed by atoms with Gasteiger partial charge in [0.25, 0.3) is 0 Å². The number of rotatable bonds is 5. The molecule has 0 aromatic heterocycles. The van der Waals surface area contributed by atoms with Gasteiger partial charge in [-0.25, -0.2) is 0 Å². The Morgan fingerprint density at radius 1 is 1.33 bits per heavy atom. The predicted octanol–water partition coefficient (Wildman–Crippen LogP) is 2.08. The van der Waals surface area contributed by atoms with Crippen LogP contribution in [0.5, 0.6) is 0 Å². The van der Waals surface area contributed by atoms with Crippen LogP contribution in [-0.2, 0) is 14.3 Å². The van der Waals surface area contributed by atoms with E-state index in [4.69, 9.17) is 10.5 Å². The Morgan fingerprint density at radius 2 is 2.00 bits per heavy atom. The first-order valence-corrected chi connectivity index (χ1v) is 7.85. The van der Waals surface area contributed by atoms with E-state index in [1.807, 2.05) is 4.90 Å². The lowest BCUT2D eigenvalue weighted by Crippen LogP contribution is -2.46. The molecule has 0 aliphatic carbocycles. The second-order valence-electron chi connectivity index (χ2n) is 7.25. The van der Waals surface area contributed by atoms with Crippen LogP contribution in [0.2, 0.25) is 0 Å². The van der Waals surface area contributed by atoms with Crippen molar-refractivity contribution in [1.29, 1.82) is 0 Å². The van der Waals surface area contributed by atoms with Crippen LogP contribution < -0.4 is 5.73 Å². The molecule has 1 saturated heterocycles. The SMILES string of the molecule is COC(=O)CC1CCCCN1C(=O)CC(N)CC(C)(C)C. The summed E-state index contributed by atoms with van der Waals surface area (Å²) >= 11 is 0. The van der Waals surface area contributed by atoms with E-state index >= 15 is 0 Å². The summed E-state index contributed by atoms with van der Waals surface area (Å²) in [6.07, 6.45) is 4.38. The number of carbonyl (C=O) groups excluding carboxylic acids is 2. The molecule has 0 aromatic rings. The van der Waals surface area contributed by atoms with E-state index in [2.05, 4.69) is 20.8 Å². The number of likely N-dealkylation sites (tertiary alicyclic amines) is 1. The quantitative estimate of drug-likeness (QED) is 0.789. The molecule has 5 heteroatoms. The molecular weight excluding hydrogens is 268 g/mol. The minimum atomic E-state index is -0.251. The van der Waals surface area contributed by atoms with Crippen LogP contribution in [0.4, 0.5) is 0 Å². The summed E-state index contributed by atoms with van der Waals surface area (Å²) in [7, 11) is 1.39. The second-order valence-corrected chi connectivity index (χ2v) is 7.25. The van der Waals surface area contributed by atoms with Crippen molar-refractivity contribution in [3.05, 3.63) is 0 Å². The van der Waals surface area contributed by atoms with Gasteiger partial charge >= 0.3 is 5.97 Å². The molecule has 2 N–H and O–H groups in total. The minimum Gasteiger partial charge on any atom is -0.469 e. The highest BCUT2D eigenvalue weighted by atomic mass is 16.5. The lowest BCUT2D eigenvalue weighted by molar-refractivity contribution is -0.144. The first-order valence-electron chi connectivity index (χ1n) is 7.85. The van der Waals surface area contributed by atoms with Crippen LogP contribution in [-0.4, -0.2) is 42.5 Å². The van der Waals surface area contributed by atoms with Crippen LogP contribution >= 0.6 is 0 Å². The maximum absolute atomic E-state index is 12.5. The van der Waals surface area contributed by atoms with Crippen LogP contribution in [0, 0.1) is 5.41 Å². The van der Waals surface area contributed by atoms with Gasteiger partial charge in [-0.1, -0.05) is 20.8 Å². The van der Waals surface area contributed by atoms with Gasteiger partial charge in [-0.15, -0.1) is 0 Å². The standard InChI is InChI=1S/C16H30N2O3/c1-16(2,3)11-12(17)9-14(19)18-8-6-5-7-13(18)10-15(20)21-4/h12-13H,5-11,17H2,1-4H3. The number of ether oxygens (including phenoxy) is 1. The smallest absolute Gasteiger partial charge is 0.307 e. The fourth-order valence-corrected chi connectivity index (χ4v) is 3.02. The minimum absolute atomic E-state index is 0.0273. The normalized spacial score (nSPS) is 21.0. The highest BCUT2D eigenvalue weighted by molar-refractivity contribution is 5.78. The lowest BCUT2D eigenvalue weighted by atomic mass is 9.87. The Labute approximate surface area is 128 Å². The molecule has 0 saturated carbocycles. The highest BCUT2D eigenvalue weighted by Gasteiger charge is 2.30.